The average Bonchev–Trinajstić information content (AvgIpc) is 2.97. The molecule has 5 nitrogen and oxygen atoms in total. The van der Waals surface area contributed by atoms with E-state index in [4.69, 9.17) is 15.2 Å². The number of hydrogen-bond acceptors (Lipinski definition) is 4. The smallest absolute Gasteiger partial charge is 0.0988 e. The number of benzene rings is 1. The van der Waals surface area contributed by atoms with Gasteiger partial charge in [0.2, 0.25) is 0 Å². The number of nitrogens with two attached hydrogens (primary N) is 1. The van der Waals surface area contributed by atoms with Crippen molar-refractivity contribution in [2.45, 2.75) is 25.1 Å². The third kappa shape index (κ3) is 3.69. The molecular formula is C16H21N3O2. The molecule has 1 saturated heterocycles. The third-order valence-electron chi connectivity index (χ3n) is 3.71. The first-order valence-corrected chi connectivity index (χ1v) is 7.32. The van der Waals surface area contributed by atoms with Crippen molar-refractivity contribution in [1.82, 2.24) is 9.55 Å². The van der Waals surface area contributed by atoms with E-state index in [1.54, 1.807) is 0 Å². The van der Waals surface area contributed by atoms with Crippen molar-refractivity contribution in [2.24, 2.45) is 5.73 Å². The first-order chi connectivity index (χ1) is 10.3. The Morgan fingerprint density at radius 1 is 1.29 bits per heavy atom. The van der Waals surface area contributed by atoms with Crippen LogP contribution in [-0.4, -0.2) is 35.5 Å². The molecule has 1 aliphatic heterocycles. The number of nitrogens with zero attached hydrogens (tertiary/aromatic N) is 2. The predicted octanol–water partition coefficient (Wildman–Crippen LogP) is 1.54. The minimum atomic E-state index is -0.0700. The van der Waals surface area contributed by atoms with Crippen molar-refractivity contribution in [2.75, 3.05) is 19.8 Å². The zero-order valence-corrected chi connectivity index (χ0v) is 12.0. The molecule has 1 aromatic heterocycles. The highest BCUT2D eigenvalue weighted by Gasteiger charge is 2.18. The molecule has 0 aliphatic carbocycles. The Balaban J connectivity index is 1.66. The van der Waals surface area contributed by atoms with Gasteiger partial charge in [-0.1, -0.05) is 30.3 Å². The van der Waals surface area contributed by atoms with Gasteiger partial charge in [-0.3, -0.25) is 0 Å². The lowest BCUT2D eigenvalue weighted by molar-refractivity contribution is -0.0938. The van der Waals surface area contributed by atoms with Gasteiger partial charge in [0.25, 0.3) is 0 Å². The molecule has 1 aliphatic rings. The largest absolute Gasteiger partial charge is 0.376 e. The topological polar surface area (TPSA) is 62.3 Å². The molecule has 0 amide bonds. The normalized spacial score (nSPS) is 20.3. The van der Waals surface area contributed by atoms with Gasteiger partial charge < -0.3 is 19.8 Å². The molecule has 2 atom stereocenters. The molecule has 2 N–H and O–H groups in total. The van der Waals surface area contributed by atoms with Crippen molar-refractivity contribution in [3.63, 3.8) is 0 Å². The lowest BCUT2D eigenvalue weighted by Gasteiger charge is -2.24. The van der Waals surface area contributed by atoms with Gasteiger partial charge in [0.05, 0.1) is 50.5 Å². The maximum Gasteiger partial charge on any atom is 0.0988 e. The molecule has 3 rings (SSSR count). The van der Waals surface area contributed by atoms with E-state index >= 15 is 0 Å². The van der Waals surface area contributed by atoms with Crippen LogP contribution in [0.25, 0.3) is 0 Å². The molecule has 1 fully saturated rings. The molecule has 0 bridgehead atoms. The molecule has 2 aromatic rings. The van der Waals surface area contributed by atoms with E-state index in [1.165, 1.54) is 5.56 Å². The monoisotopic (exact) mass is 287 g/mol. The Morgan fingerprint density at radius 2 is 2.14 bits per heavy atom. The first kappa shape index (κ1) is 14.3. The van der Waals surface area contributed by atoms with Crippen LogP contribution in [-0.2, 0) is 22.4 Å². The molecule has 1 unspecified atom stereocenters. The quantitative estimate of drug-likeness (QED) is 0.906. The molecule has 0 radical (unpaired) electrons. The van der Waals surface area contributed by atoms with Crippen molar-refractivity contribution >= 4 is 0 Å². The summed E-state index contributed by atoms with van der Waals surface area (Å²) in [7, 11) is 0. The summed E-state index contributed by atoms with van der Waals surface area (Å²) in [6.07, 6.45) is 4.54. The highest BCUT2D eigenvalue weighted by atomic mass is 16.6. The summed E-state index contributed by atoms with van der Waals surface area (Å²) in [6.45, 7) is 2.70. The SMILES string of the molecule is N[C@H](Cc1ccccc1)c1cncn1CC1COCCO1. The molecule has 2 heterocycles. The Hall–Kier alpha value is -1.69. The summed E-state index contributed by atoms with van der Waals surface area (Å²) in [6, 6.07) is 10.2. The van der Waals surface area contributed by atoms with Gasteiger partial charge in [-0.15, -0.1) is 0 Å². The molecule has 5 heteroatoms. The van der Waals surface area contributed by atoms with Crippen molar-refractivity contribution in [3.05, 3.63) is 54.1 Å². The summed E-state index contributed by atoms with van der Waals surface area (Å²) >= 11 is 0. The summed E-state index contributed by atoms with van der Waals surface area (Å²) in [5, 5.41) is 0. The van der Waals surface area contributed by atoms with Crippen LogP contribution in [0.1, 0.15) is 17.3 Å². The molecule has 21 heavy (non-hydrogen) atoms. The van der Waals surface area contributed by atoms with Gasteiger partial charge in [-0.25, -0.2) is 4.98 Å². The number of imidazole rings is 1. The summed E-state index contributed by atoms with van der Waals surface area (Å²) < 4.78 is 13.2. The Kier molecular flexibility index (Phi) is 4.65. The fourth-order valence-corrected chi connectivity index (χ4v) is 2.63. The second-order valence-corrected chi connectivity index (χ2v) is 5.33. The van der Waals surface area contributed by atoms with E-state index in [1.807, 2.05) is 30.7 Å². The lowest BCUT2D eigenvalue weighted by Crippen LogP contribution is -2.33. The zero-order chi connectivity index (χ0) is 14.5. The highest BCUT2D eigenvalue weighted by molar-refractivity contribution is 5.18. The highest BCUT2D eigenvalue weighted by Crippen LogP contribution is 2.17. The summed E-state index contributed by atoms with van der Waals surface area (Å²) in [4.78, 5) is 4.24. The van der Waals surface area contributed by atoms with Gasteiger partial charge >= 0.3 is 0 Å². The van der Waals surface area contributed by atoms with Crippen molar-refractivity contribution < 1.29 is 9.47 Å². The first-order valence-electron chi connectivity index (χ1n) is 7.32. The van der Waals surface area contributed by atoms with Crippen LogP contribution in [0.2, 0.25) is 0 Å². The van der Waals surface area contributed by atoms with Gasteiger partial charge in [0, 0.05) is 6.20 Å². The molecule has 0 spiro atoms. The summed E-state index contributed by atoms with van der Waals surface area (Å²) in [5.74, 6) is 0. The van der Waals surface area contributed by atoms with E-state index in [0.29, 0.717) is 19.8 Å². The van der Waals surface area contributed by atoms with Crippen LogP contribution in [0.3, 0.4) is 0 Å². The summed E-state index contributed by atoms with van der Waals surface area (Å²) in [5.41, 5.74) is 8.61. The number of rotatable bonds is 5. The van der Waals surface area contributed by atoms with Crippen LogP contribution in [0.4, 0.5) is 0 Å². The second kappa shape index (κ2) is 6.85. The number of aromatic nitrogens is 2. The fraction of sp³-hybridized carbons (Fsp3) is 0.438. The van der Waals surface area contributed by atoms with E-state index < -0.39 is 0 Å². The molecule has 112 valence electrons. The zero-order valence-electron chi connectivity index (χ0n) is 12.0. The average molecular weight is 287 g/mol. The van der Waals surface area contributed by atoms with Crippen LogP contribution < -0.4 is 5.73 Å². The van der Waals surface area contributed by atoms with E-state index in [2.05, 4.69) is 21.7 Å². The fourth-order valence-electron chi connectivity index (χ4n) is 2.63. The lowest BCUT2D eigenvalue weighted by atomic mass is 10.0. The van der Waals surface area contributed by atoms with Crippen LogP contribution >= 0.6 is 0 Å². The second-order valence-electron chi connectivity index (χ2n) is 5.33. The Morgan fingerprint density at radius 3 is 2.90 bits per heavy atom. The van der Waals surface area contributed by atoms with E-state index in [9.17, 15) is 0 Å². The third-order valence-corrected chi connectivity index (χ3v) is 3.71. The Bertz CT molecular complexity index is 550. The molecule has 1 aromatic carbocycles. The van der Waals surface area contributed by atoms with Crippen molar-refractivity contribution in [1.29, 1.82) is 0 Å². The minimum absolute atomic E-state index is 0.0700. The molecular weight excluding hydrogens is 266 g/mol. The van der Waals surface area contributed by atoms with Gasteiger partial charge in [-0.05, 0) is 12.0 Å². The van der Waals surface area contributed by atoms with Crippen LogP contribution in [0, 0.1) is 0 Å². The Labute approximate surface area is 124 Å². The minimum Gasteiger partial charge on any atom is -0.376 e. The van der Waals surface area contributed by atoms with E-state index in [0.717, 1.165) is 18.7 Å². The maximum absolute atomic E-state index is 6.34. The number of ether oxygens (including phenoxy) is 2. The van der Waals surface area contributed by atoms with Crippen LogP contribution in [0.15, 0.2) is 42.9 Å². The van der Waals surface area contributed by atoms with E-state index in [-0.39, 0.29) is 12.1 Å². The standard InChI is InChI=1S/C16H21N3O2/c17-15(8-13-4-2-1-3-5-13)16-9-18-12-19(16)10-14-11-20-6-7-21-14/h1-5,9,12,14-15H,6-8,10-11,17H2/t14?,15-/m1/s1. The number of hydrogen-bond donors (Lipinski definition) is 1. The van der Waals surface area contributed by atoms with Crippen molar-refractivity contribution in [3.8, 4) is 0 Å². The predicted molar refractivity (Wildman–Crippen MR) is 79.9 cm³/mol. The van der Waals surface area contributed by atoms with Gasteiger partial charge in [0.15, 0.2) is 0 Å². The molecule has 0 saturated carbocycles. The van der Waals surface area contributed by atoms with Gasteiger partial charge in [0.1, 0.15) is 0 Å². The van der Waals surface area contributed by atoms with Crippen LogP contribution in [0.5, 0.6) is 0 Å². The van der Waals surface area contributed by atoms with Gasteiger partial charge in [-0.2, -0.15) is 0 Å². The maximum atomic E-state index is 6.34.